The predicted octanol–water partition coefficient (Wildman–Crippen LogP) is -0.231. The minimum absolute atomic E-state index is 0.437. The normalized spacial score (nSPS) is 12.4. The molecule has 1 rings (SSSR count). The van der Waals surface area contributed by atoms with Crippen LogP contribution in [-0.2, 0) is 6.54 Å². The van der Waals surface area contributed by atoms with Gasteiger partial charge in [-0.2, -0.15) is 5.10 Å². The molecule has 0 bridgehead atoms. The Balaban J connectivity index is 2.63. The van der Waals surface area contributed by atoms with Gasteiger partial charge >= 0.3 is 0 Å². The van der Waals surface area contributed by atoms with Gasteiger partial charge in [0.2, 0.25) is 0 Å². The van der Waals surface area contributed by atoms with Gasteiger partial charge in [-0.3, -0.25) is 4.68 Å². The second kappa shape index (κ2) is 4.65. The van der Waals surface area contributed by atoms with Crippen LogP contribution in [-0.4, -0.2) is 28.5 Å². The zero-order valence-corrected chi connectivity index (χ0v) is 7.57. The summed E-state index contributed by atoms with van der Waals surface area (Å²) in [5.74, 6) is 2.47. The van der Waals surface area contributed by atoms with Gasteiger partial charge in [-0.25, -0.2) is 0 Å². The molecule has 0 amide bonds. The Labute approximate surface area is 77.6 Å². The molecule has 0 saturated carbocycles. The Morgan fingerprint density at radius 1 is 1.85 bits per heavy atom. The Kier molecular flexibility index (Phi) is 3.50. The lowest BCUT2D eigenvalue weighted by atomic mass is 10.2. The smallest absolute Gasteiger partial charge is 0.101 e. The van der Waals surface area contributed by atoms with Crippen molar-refractivity contribution in [1.82, 2.24) is 15.1 Å². The number of aliphatic hydroxyl groups is 1. The van der Waals surface area contributed by atoms with Crippen molar-refractivity contribution < 1.29 is 5.11 Å². The lowest BCUT2D eigenvalue weighted by Gasteiger charge is -2.05. The van der Waals surface area contributed by atoms with E-state index in [0.29, 0.717) is 13.1 Å². The van der Waals surface area contributed by atoms with Gasteiger partial charge in [-0.15, -0.1) is 6.42 Å². The molecule has 0 aliphatic rings. The highest BCUT2D eigenvalue weighted by Gasteiger charge is 2.07. The molecule has 0 aliphatic heterocycles. The number of nitrogens with zero attached hydrogens (tertiary/aromatic N) is 2. The number of aliphatic hydroxyl groups excluding tert-OH is 1. The van der Waals surface area contributed by atoms with Crippen LogP contribution >= 0.6 is 0 Å². The first-order valence-corrected chi connectivity index (χ1v) is 4.06. The average molecular weight is 179 g/mol. The van der Waals surface area contributed by atoms with Gasteiger partial charge in [-0.1, -0.05) is 5.92 Å². The van der Waals surface area contributed by atoms with Gasteiger partial charge < -0.3 is 10.4 Å². The van der Waals surface area contributed by atoms with Gasteiger partial charge in [-0.05, 0) is 7.05 Å². The minimum atomic E-state index is -0.517. The highest BCUT2D eigenvalue weighted by atomic mass is 16.3. The maximum atomic E-state index is 9.53. The van der Waals surface area contributed by atoms with Crippen LogP contribution in [0.1, 0.15) is 11.7 Å². The largest absolute Gasteiger partial charge is 0.387 e. The molecule has 0 radical (unpaired) electrons. The summed E-state index contributed by atoms with van der Waals surface area (Å²) in [5, 5.41) is 16.4. The molecular weight excluding hydrogens is 166 g/mol. The molecule has 0 aliphatic carbocycles. The molecule has 4 nitrogen and oxygen atoms in total. The van der Waals surface area contributed by atoms with E-state index in [1.54, 1.807) is 24.1 Å². The third kappa shape index (κ3) is 2.58. The summed E-state index contributed by atoms with van der Waals surface area (Å²) in [6.45, 7) is 0.952. The molecule has 1 unspecified atom stereocenters. The van der Waals surface area contributed by atoms with Crippen molar-refractivity contribution in [1.29, 1.82) is 0 Å². The highest BCUT2D eigenvalue weighted by molar-refractivity contribution is 5.09. The average Bonchev–Trinajstić information content (AvgIpc) is 2.54. The Bertz CT molecular complexity index is 300. The zero-order chi connectivity index (χ0) is 9.68. The molecule has 4 heteroatoms. The quantitative estimate of drug-likeness (QED) is 0.628. The van der Waals surface area contributed by atoms with Crippen LogP contribution in [0.4, 0.5) is 0 Å². The fraction of sp³-hybridized carbons (Fsp3) is 0.444. The molecular formula is C9H13N3O. The summed E-state index contributed by atoms with van der Waals surface area (Å²) < 4.78 is 1.62. The van der Waals surface area contributed by atoms with E-state index in [-0.39, 0.29) is 0 Å². The maximum absolute atomic E-state index is 9.53. The van der Waals surface area contributed by atoms with Gasteiger partial charge in [0.05, 0.1) is 12.3 Å². The van der Waals surface area contributed by atoms with E-state index in [0.717, 1.165) is 5.56 Å². The number of aromatic nitrogens is 2. The summed E-state index contributed by atoms with van der Waals surface area (Å²) in [7, 11) is 1.79. The first kappa shape index (κ1) is 9.78. The first-order chi connectivity index (χ1) is 6.27. The second-order valence-electron chi connectivity index (χ2n) is 2.75. The van der Waals surface area contributed by atoms with Crippen molar-refractivity contribution in [2.24, 2.45) is 0 Å². The summed E-state index contributed by atoms with van der Waals surface area (Å²) in [5.41, 5.74) is 0.782. The fourth-order valence-corrected chi connectivity index (χ4v) is 1.04. The van der Waals surface area contributed by atoms with Crippen LogP contribution < -0.4 is 5.32 Å². The Hall–Kier alpha value is -1.31. The Morgan fingerprint density at radius 2 is 2.62 bits per heavy atom. The molecule has 1 heterocycles. The molecule has 0 spiro atoms. The predicted molar refractivity (Wildman–Crippen MR) is 49.9 cm³/mol. The van der Waals surface area contributed by atoms with Crippen molar-refractivity contribution in [3.8, 4) is 12.3 Å². The Morgan fingerprint density at radius 3 is 3.23 bits per heavy atom. The third-order valence-corrected chi connectivity index (χ3v) is 1.69. The second-order valence-corrected chi connectivity index (χ2v) is 2.75. The summed E-state index contributed by atoms with van der Waals surface area (Å²) >= 11 is 0. The van der Waals surface area contributed by atoms with Crippen LogP contribution in [0, 0.1) is 12.3 Å². The number of terminal acetylenes is 1. The number of hydrogen-bond donors (Lipinski definition) is 2. The van der Waals surface area contributed by atoms with Gasteiger partial charge in [0, 0.05) is 18.3 Å². The van der Waals surface area contributed by atoms with E-state index < -0.39 is 6.10 Å². The van der Waals surface area contributed by atoms with E-state index in [2.05, 4.69) is 16.3 Å². The van der Waals surface area contributed by atoms with Gasteiger partial charge in [0.15, 0.2) is 0 Å². The summed E-state index contributed by atoms with van der Waals surface area (Å²) in [6, 6.07) is 0. The van der Waals surface area contributed by atoms with Crippen molar-refractivity contribution in [2.45, 2.75) is 12.6 Å². The van der Waals surface area contributed by atoms with Crippen LogP contribution in [0.25, 0.3) is 0 Å². The monoisotopic (exact) mass is 179 g/mol. The fourth-order valence-electron chi connectivity index (χ4n) is 1.04. The number of hydrogen-bond acceptors (Lipinski definition) is 3. The molecule has 13 heavy (non-hydrogen) atoms. The molecule has 70 valence electrons. The minimum Gasteiger partial charge on any atom is -0.387 e. The molecule has 1 aromatic rings. The molecule has 0 saturated heterocycles. The van der Waals surface area contributed by atoms with Crippen LogP contribution in [0.3, 0.4) is 0 Å². The van der Waals surface area contributed by atoms with E-state index in [9.17, 15) is 5.11 Å². The number of nitrogens with one attached hydrogen (secondary N) is 1. The molecule has 0 aromatic carbocycles. The van der Waals surface area contributed by atoms with Crippen molar-refractivity contribution >= 4 is 0 Å². The molecule has 1 aromatic heterocycles. The van der Waals surface area contributed by atoms with Crippen molar-refractivity contribution in [3.63, 3.8) is 0 Å². The number of rotatable bonds is 4. The lowest BCUT2D eigenvalue weighted by Crippen LogP contribution is -2.16. The van der Waals surface area contributed by atoms with Crippen LogP contribution in [0.5, 0.6) is 0 Å². The van der Waals surface area contributed by atoms with Crippen molar-refractivity contribution in [3.05, 3.63) is 18.0 Å². The van der Waals surface area contributed by atoms with Crippen LogP contribution in [0.15, 0.2) is 12.4 Å². The van der Waals surface area contributed by atoms with E-state index >= 15 is 0 Å². The third-order valence-electron chi connectivity index (χ3n) is 1.69. The molecule has 0 fully saturated rings. The highest BCUT2D eigenvalue weighted by Crippen LogP contribution is 2.09. The van der Waals surface area contributed by atoms with Gasteiger partial charge in [0.25, 0.3) is 0 Å². The standard InChI is InChI=1S/C9H13N3O/c1-3-4-12-7-8(5-11-12)9(13)6-10-2/h1,5,7,9-10,13H,4,6H2,2H3. The molecule has 1 atom stereocenters. The maximum Gasteiger partial charge on any atom is 0.101 e. The van der Waals surface area contributed by atoms with Crippen LogP contribution in [0.2, 0.25) is 0 Å². The molecule has 2 N–H and O–H groups in total. The van der Waals surface area contributed by atoms with E-state index in [1.165, 1.54) is 0 Å². The lowest BCUT2D eigenvalue weighted by molar-refractivity contribution is 0.177. The SMILES string of the molecule is C#CCn1cc(C(O)CNC)cn1. The zero-order valence-electron chi connectivity index (χ0n) is 7.57. The topological polar surface area (TPSA) is 50.1 Å². The first-order valence-electron chi connectivity index (χ1n) is 4.06. The number of likely N-dealkylation sites (N-methyl/N-ethyl adjacent to an activating group) is 1. The van der Waals surface area contributed by atoms with E-state index in [4.69, 9.17) is 6.42 Å². The summed E-state index contributed by atoms with van der Waals surface area (Å²) in [4.78, 5) is 0. The summed E-state index contributed by atoms with van der Waals surface area (Å²) in [6.07, 6.45) is 7.98. The van der Waals surface area contributed by atoms with E-state index in [1.807, 2.05) is 0 Å². The van der Waals surface area contributed by atoms with Crippen molar-refractivity contribution in [2.75, 3.05) is 13.6 Å². The van der Waals surface area contributed by atoms with Gasteiger partial charge in [0.1, 0.15) is 6.54 Å².